The van der Waals surface area contributed by atoms with Gasteiger partial charge >= 0.3 is 10.3 Å². The van der Waals surface area contributed by atoms with Crippen molar-refractivity contribution in [3.8, 4) is 0 Å². The lowest BCUT2D eigenvalue weighted by atomic mass is 10.1. The third-order valence-corrected chi connectivity index (χ3v) is 6.09. The maximum atomic E-state index is 12.2. The third kappa shape index (κ3) is 4.57. The van der Waals surface area contributed by atoms with Gasteiger partial charge in [0.2, 0.25) is 0 Å². The Balaban J connectivity index is 1.44. The molecule has 0 unspecified atom stereocenters. The minimum absolute atomic E-state index is 0.00872. The summed E-state index contributed by atoms with van der Waals surface area (Å²) in [6.45, 7) is -0.704. The van der Waals surface area contributed by atoms with Gasteiger partial charge in [0.1, 0.15) is 23.8 Å². The molecule has 3 heterocycles. The maximum absolute atomic E-state index is 12.2. The molecule has 7 N–H and O–H groups in total. The average molecular weight is 499 g/mol. The molecule has 4 rings (SSSR count). The fraction of sp³-hybridized carbons (Fsp3) is 0.278. The molecule has 176 valence electrons. The number of hydrogen-bond donors (Lipinski definition) is 5. The number of carbonyl (C=O) groups excluding carboxylic acids is 1. The van der Waals surface area contributed by atoms with E-state index in [1.165, 1.54) is 35.3 Å². The number of hydrogen-bond acceptors (Lipinski definition) is 11. The van der Waals surface area contributed by atoms with E-state index in [1.807, 2.05) is 0 Å². The minimum Gasteiger partial charge on any atom is -0.398 e. The molecule has 1 aliphatic rings. The van der Waals surface area contributed by atoms with Crippen molar-refractivity contribution < 1.29 is 32.3 Å². The summed E-state index contributed by atoms with van der Waals surface area (Å²) in [6, 6.07) is 5.53. The Bertz CT molecular complexity index is 1320. The number of aliphatic hydroxyl groups excluding tert-OH is 2. The van der Waals surface area contributed by atoms with Gasteiger partial charge in [-0.15, -0.1) is 0 Å². The number of fused-ring (bicyclic) bond motifs is 1. The summed E-state index contributed by atoms with van der Waals surface area (Å²) in [4.78, 5) is 20.5. The zero-order chi connectivity index (χ0) is 23.9. The maximum Gasteiger partial charge on any atom is 0.362 e. The fourth-order valence-corrected chi connectivity index (χ4v) is 4.20. The van der Waals surface area contributed by atoms with E-state index in [4.69, 9.17) is 32.0 Å². The van der Waals surface area contributed by atoms with E-state index in [9.17, 15) is 23.4 Å². The molecule has 1 amide bonds. The highest BCUT2D eigenvalue weighted by molar-refractivity contribution is 7.85. The number of ether oxygens (including phenoxy) is 1. The lowest BCUT2D eigenvalue weighted by Crippen LogP contribution is -2.38. The average Bonchev–Trinajstić information content (AvgIpc) is 3.30. The molecule has 2 aromatic heterocycles. The van der Waals surface area contributed by atoms with Crippen LogP contribution >= 0.6 is 11.6 Å². The highest BCUT2D eigenvalue weighted by atomic mass is 35.5. The van der Waals surface area contributed by atoms with Crippen LogP contribution in [-0.2, 0) is 19.2 Å². The van der Waals surface area contributed by atoms with Crippen molar-refractivity contribution in [2.45, 2.75) is 24.5 Å². The minimum atomic E-state index is -4.62. The van der Waals surface area contributed by atoms with Crippen LogP contribution in [0.3, 0.4) is 0 Å². The first kappa shape index (κ1) is 23.2. The molecule has 4 atom stereocenters. The van der Waals surface area contributed by atoms with Crippen LogP contribution < -0.4 is 16.2 Å². The third-order valence-electron chi connectivity index (χ3n) is 4.97. The van der Waals surface area contributed by atoms with E-state index in [0.29, 0.717) is 16.9 Å². The number of nitrogens with zero attached hydrogens (tertiary/aromatic N) is 3. The number of nitrogen functional groups attached to an aromatic ring is 2. The zero-order valence-corrected chi connectivity index (χ0v) is 18.3. The molecule has 0 saturated carbocycles. The monoisotopic (exact) mass is 498 g/mol. The summed E-state index contributed by atoms with van der Waals surface area (Å²) in [5, 5.41) is 20.9. The number of pyridine rings is 1. The van der Waals surface area contributed by atoms with E-state index in [0.717, 1.165) is 0 Å². The van der Waals surface area contributed by atoms with Crippen LogP contribution in [0.2, 0.25) is 5.02 Å². The van der Waals surface area contributed by atoms with Gasteiger partial charge in [-0.3, -0.25) is 13.5 Å². The predicted octanol–water partition coefficient (Wildman–Crippen LogP) is -0.440. The first-order valence-electron chi connectivity index (χ1n) is 9.42. The van der Waals surface area contributed by atoms with Crippen molar-refractivity contribution in [1.82, 2.24) is 19.3 Å². The van der Waals surface area contributed by atoms with Crippen LogP contribution in [0.5, 0.6) is 0 Å². The Morgan fingerprint density at radius 2 is 1.97 bits per heavy atom. The Labute approximate surface area is 192 Å². The smallest absolute Gasteiger partial charge is 0.362 e. The molecule has 1 fully saturated rings. The van der Waals surface area contributed by atoms with E-state index in [2.05, 4.69) is 9.97 Å². The molecule has 13 nitrogen and oxygen atoms in total. The summed E-state index contributed by atoms with van der Waals surface area (Å²) < 4.78 is 37.9. The van der Waals surface area contributed by atoms with E-state index in [1.54, 1.807) is 10.8 Å². The Hall–Kier alpha value is -3.01. The highest BCUT2D eigenvalue weighted by Crippen LogP contribution is 2.32. The Morgan fingerprint density at radius 1 is 1.21 bits per heavy atom. The second-order valence-electron chi connectivity index (χ2n) is 7.17. The van der Waals surface area contributed by atoms with Gasteiger partial charge in [0.15, 0.2) is 11.9 Å². The quantitative estimate of drug-likeness (QED) is 0.275. The van der Waals surface area contributed by atoms with Gasteiger partial charge in [0.25, 0.3) is 5.91 Å². The van der Waals surface area contributed by atoms with E-state index >= 15 is 0 Å². The van der Waals surface area contributed by atoms with Crippen LogP contribution in [0.1, 0.15) is 16.6 Å². The fourth-order valence-electron chi connectivity index (χ4n) is 3.32. The lowest BCUT2D eigenvalue weighted by Gasteiger charge is -2.16. The van der Waals surface area contributed by atoms with Gasteiger partial charge in [-0.1, -0.05) is 11.6 Å². The molecule has 0 bridgehead atoms. The number of benzene rings is 1. The SMILES string of the molecule is Nc1ccc(Cl)cc1C(=O)NS(=O)(=O)OC[C@H]1O[C@@H](n2cnc3c(N)ccnc32)[C@H](O)[C@@H]1O. The molecular weight excluding hydrogens is 480 g/mol. The first-order chi connectivity index (χ1) is 15.6. The Kier molecular flexibility index (Phi) is 6.13. The number of halogens is 1. The van der Waals surface area contributed by atoms with Crippen molar-refractivity contribution in [3.63, 3.8) is 0 Å². The number of aliphatic hydroxyl groups is 2. The van der Waals surface area contributed by atoms with Crippen molar-refractivity contribution in [1.29, 1.82) is 0 Å². The van der Waals surface area contributed by atoms with Crippen molar-refractivity contribution in [2.24, 2.45) is 0 Å². The first-order valence-corrected chi connectivity index (χ1v) is 11.2. The number of aromatic nitrogens is 3. The largest absolute Gasteiger partial charge is 0.398 e. The number of amides is 1. The van der Waals surface area contributed by atoms with Crippen LogP contribution in [0.15, 0.2) is 36.8 Å². The van der Waals surface area contributed by atoms with Gasteiger partial charge in [0.05, 0.1) is 24.2 Å². The molecule has 1 aliphatic heterocycles. The van der Waals surface area contributed by atoms with Crippen LogP contribution in [-0.4, -0.2) is 64.0 Å². The molecule has 33 heavy (non-hydrogen) atoms. The van der Waals surface area contributed by atoms with Gasteiger partial charge in [0, 0.05) is 16.9 Å². The molecule has 0 radical (unpaired) electrons. The number of rotatable bonds is 6. The molecule has 1 aromatic carbocycles. The molecule has 3 aromatic rings. The summed E-state index contributed by atoms with van der Waals surface area (Å²) in [6.07, 6.45) is -2.60. The van der Waals surface area contributed by atoms with Crippen molar-refractivity contribution in [3.05, 3.63) is 47.4 Å². The van der Waals surface area contributed by atoms with Crippen molar-refractivity contribution >= 4 is 50.4 Å². The number of imidazole rings is 1. The molecule has 15 heteroatoms. The van der Waals surface area contributed by atoms with Gasteiger partial charge in [-0.25, -0.2) is 14.7 Å². The summed E-state index contributed by atoms with van der Waals surface area (Å²) in [7, 11) is -4.62. The number of anilines is 2. The topological polar surface area (TPSA) is 205 Å². The van der Waals surface area contributed by atoms with Gasteiger partial charge in [-0.2, -0.15) is 8.42 Å². The summed E-state index contributed by atoms with van der Waals surface area (Å²) >= 11 is 5.81. The Morgan fingerprint density at radius 3 is 2.73 bits per heavy atom. The molecule has 1 saturated heterocycles. The highest BCUT2D eigenvalue weighted by Gasteiger charge is 2.45. The second-order valence-corrected chi connectivity index (χ2v) is 8.96. The van der Waals surface area contributed by atoms with E-state index < -0.39 is 47.4 Å². The summed E-state index contributed by atoms with van der Waals surface area (Å²) in [5.74, 6) is -1.06. The zero-order valence-electron chi connectivity index (χ0n) is 16.7. The second kappa shape index (κ2) is 8.74. The van der Waals surface area contributed by atoms with Gasteiger partial charge < -0.3 is 26.4 Å². The van der Waals surface area contributed by atoms with Crippen LogP contribution in [0, 0.1) is 0 Å². The molecule has 0 aliphatic carbocycles. The van der Waals surface area contributed by atoms with E-state index in [-0.39, 0.29) is 16.3 Å². The van der Waals surface area contributed by atoms with Crippen LogP contribution in [0.4, 0.5) is 11.4 Å². The lowest BCUT2D eigenvalue weighted by molar-refractivity contribution is -0.0468. The molecule has 0 spiro atoms. The van der Waals surface area contributed by atoms with Crippen LogP contribution in [0.25, 0.3) is 11.2 Å². The number of nitrogens with one attached hydrogen (secondary N) is 1. The standard InChI is InChI=1S/C18H19ClN6O7S/c19-8-1-2-10(20)9(5-8)17(28)24-33(29,30)31-6-12-14(26)15(27)18(32-12)25-7-23-13-11(21)3-4-22-16(13)25/h1-5,7,12,14-15,18,26-27H,6,20H2,(H2,21,22)(H,24,28)/t12-,14-,15-,18-/m1/s1. The molecular formula is C18H19ClN6O7S. The normalized spacial score (nSPS) is 23.1. The number of nitrogens with two attached hydrogens (primary N) is 2. The summed E-state index contributed by atoms with van der Waals surface area (Å²) in [5.41, 5.74) is 12.4. The van der Waals surface area contributed by atoms with Gasteiger partial charge in [-0.05, 0) is 24.3 Å². The predicted molar refractivity (Wildman–Crippen MR) is 116 cm³/mol. The van der Waals surface area contributed by atoms with Crippen molar-refractivity contribution in [2.75, 3.05) is 18.1 Å². The number of carbonyl (C=O) groups is 1.